The van der Waals surface area contributed by atoms with Crippen molar-refractivity contribution in [3.8, 4) is 28.6 Å². The topological polar surface area (TPSA) is 67.1 Å². The van der Waals surface area contributed by atoms with Crippen LogP contribution in [0.5, 0.6) is 17.2 Å². The van der Waals surface area contributed by atoms with E-state index in [1.165, 1.54) is 27.6 Å². The molecule has 0 radical (unpaired) electrons. The molecule has 0 aliphatic heterocycles. The highest BCUT2D eigenvalue weighted by atomic mass is 16.5. The molecular formula is C16H18O6. The molecule has 1 aromatic carbocycles. The van der Waals surface area contributed by atoms with Crippen molar-refractivity contribution >= 4 is 5.97 Å². The van der Waals surface area contributed by atoms with Crippen molar-refractivity contribution in [3.05, 3.63) is 30.0 Å². The van der Waals surface area contributed by atoms with E-state index in [0.29, 0.717) is 40.7 Å². The SMILES string of the molecule is CCOC(=O)c1coc(-c2cc(OC)c(OC)c(OC)c2)c1. The second-order valence-corrected chi connectivity index (χ2v) is 4.33. The molecule has 6 heteroatoms. The zero-order valence-electron chi connectivity index (χ0n) is 13.0. The van der Waals surface area contributed by atoms with Gasteiger partial charge in [0.2, 0.25) is 5.75 Å². The fourth-order valence-corrected chi connectivity index (χ4v) is 2.03. The van der Waals surface area contributed by atoms with Crippen molar-refractivity contribution in [2.75, 3.05) is 27.9 Å². The smallest absolute Gasteiger partial charge is 0.341 e. The zero-order valence-corrected chi connectivity index (χ0v) is 13.0. The Kier molecular flexibility index (Phi) is 4.93. The molecule has 0 bridgehead atoms. The van der Waals surface area contributed by atoms with Crippen molar-refractivity contribution in [2.24, 2.45) is 0 Å². The van der Waals surface area contributed by atoms with E-state index in [-0.39, 0.29) is 0 Å². The van der Waals surface area contributed by atoms with Crippen LogP contribution in [0.15, 0.2) is 28.9 Å². The molecule has 2 rings (SSSR count). The molecule has 118 valence electrons. The minimum absolute atomic E-state index is 0.309. The summed E-state index contributed by atoms with van der Waals surface area (Å²) < 4.78 is 26.2. The third-order valence-corrected chi connectivity index (χ3v) is 3.06. The van der Waals surface area contributed by atoms with Gasteiger partial charge in [-0.25, -0.2) is 4.79 Å². The lowest BCUT2D eigenvalue weighted by molar-refractivity contribution is 0.0525. The van der Waals surface area contributed by atoms with Crippen LogP contribution in [0.3, 0.4) is 0 Å². The standard InChI is InChI=1S/C16H18O6/c1-5-21-16(17)11-8-12(22-9-11)10-6-13(18-2)15(20-4)14(7-10)19-3/h6-9H,5H2,1-4H3. The van der Waals surface area contributed by atoms with Crippen LogP contribution in [-0.2, 0) is 4.74 Å². The summed E-state index contributed by atoms with van der Waals surface area (Å²) in [6.45, 7) is 2.06. The number of ether oxygens (including phenoxy) is 4. The Morgan fingerprint density at radius 1 is 1.05 bits per heavy atom. The second-order valence-electron chi connectivity index (χ2n) is 4.33. The molecule has 0 spiro atoms. The van der Waals surface area contributed by atoms with E-state index in [0.717, 1.165) is 0 Å². The highest BCUT2D eigenvalue weighted by molar-refractivity contribution is 5.90. The highest BCUT2D eigenvalue weighted by Gasteiger charge is 2.17. The molecule has 22 heavy (non-hydrogen) atoms. The third kappa shape index (κ3) is 3.00. The first-order valence-corrected chi connectivity index (χ1v) is 6.70. The fourth-order valence-electron chi connectivity index (χ4n) is 2.03. The van der Waals surface area contributed by atoms with Crippen LogP contribution in [-0.4, -0.2) is 33.9 Å². The molecule has 1 aromatic heterocycles. The molecule has 0 N–H and O–H groups in total. The van der Waals surface area contributed by atoms with Gasteiger partial charge in [0.05, 0.1) is 33.5 Å². The summed E-state index contributed by atoms with van der Waals surface area (Å²) in [5.74, 6) is 1.58. The summed E-state index contributed by atoms with van der Waals surface area (Å²) in [4.78, 5) is 11.7. The van der Waals surface area contributed by atoms with E-state index < -0.39 is 5.97 Å². The van der Waals surface area contributed by atoms with Gasteiger partial charge in [-0.3, -0.25) is 0 Å². The predicted octanol–water partition coefficient (Wildman–Crippen LogP) is 3.15. The second kappa shape index (κ2) is 6.89. The number of benzene rings is 1. The molecule has 0 fully saturated rings. The van der Waals surface area contributed by atoms with E-state index in [4.69, 9.17) is 23.4 Å². The van der Waals surface area contributed by atoms with Crippen LogP contribution in [0.2, 0.25) is 0 Å². The van der Waals surface area contributed by atoms with Crippen LogP contribution in [0, 0.1) is 0 Å². The number of carbonyl (C=O) groups excluding carboxylic acids is 1. The van der Waals surface area contributed by atoms with Gasteiger partial charge in [-0.05, 0) is 25.1 Å². The number of hydrogen-bond acceptors (Lipinski definition) is 6. The van der Waals surface area contributed by atoms with E-state index in [1.54, 1.807) is 25.1 Å². The molecule has 0 unspecified atom stereocenters. The van der Waals surface area contributed by atoms with Gasteiger partial charge in [-0.2, -0.15) is 0 Å². The molecule has 0 saturated carbocycles. The van der Waals surface area contributed by atoms with E-state index in [2.05, 4.69) is 0 Å². The lowest BCUT2D eigenvalue weighted by atomic mass is 10.1. The predicted molar refractivity (Wildman–Crippen MR) is 79.8 cm³/mol. The maximum absolute atomic E-state index is 11.7. The van der Waals surface area contributed by atoms with Crippen molar-refractivity contribution in [1.82, 2.24) is 0 Å². The van der Waals surface area contributed by atoms with Gasteiger partial charge in [-0.15, -0.1) is 0 Å². The Labute approximate surface area is 128 Å². The molecule has 0 atom stereocenters. The van der Waals surface area contributed by atoms with E-state index in [9.17, 15) is 4.79 Å². The minimum Gasteiger partial charge on any atom is -0.493 e. The Bertz CT molecular complexity index is 633. The summed E-state index contributed by atoms with van der Waals surface area (Å²) in [5, 5.41) is 0. The minimum atomic E-state index is -0.426. The molecule has 0 saturated heterocycles. The fraction of sp³-hybridized carbons (Fsp3) is 0.312. The lowest BCUT2D eigenvalue weighted by Crippen LogP contribution is -2.02. The Hall–Kier alpha value is -2.63. The van der Waals surface area contributed by atoms with Gasteiger partial charge < -0.3 is 23.4 Å². The summed E-state index contributed by atoms with van der Waals surface area (Å²) >= 11 is 0. The van der Waals surface area contributed by atoms with Gasteiger partial charge in [0.1, 0.15) is 12.0 Å². The molecule has 0 aliphatic rings. The van der Waals surface area contributed by atoms with Gasteiger partial charge in [0.25, 0.3) is 0 Å². The summed E-state index contributed by atoms with van der Waals surface area (Å²) in [6.07, 6.45) is 1.36. The average Bonchev–Trinajstić information content (AvgIpc) is 3.03. The van der Waals surface area contributed by atoms with Crippen molar-refractivity contribution < 1.29 is 28.2 Å². The maximum atomic E-state index is 11.7. The number of carbonyl (C=O) groups is 1. The first-order chi connectivity index (χ1) is 10.6. The lowest BCUT2D eigenvalue weighted by Gasteiger charge is -2.13. The monoisotopic (exact) mass is 306 g/mol. The first-order valence-electron chi connectivity index (χ1n) is 6.70. The van der Waals surface area contributed by atoms with Gasteiger partial charge in [0, 0.05) is 5.56 Å². The Balaban J connectivity index is 2.42. The molecule has 6 nitrogen and oxygen atoms in total. The number of rotatable bonds is 6. The van der Waals surface area contributed by atoms with Crippen LogP contribution in [0.25, 0.3) is 11.3 Å². The maximum Gasteiger partial charge on any atom is 0.341 e. The number of furan rings is 1. The van der Waals surface area contributed by atoms with Gasteiger partial charge in [-0.1, -0.05) is 0 Å². The molecule has 0 aliphatic carbocycles. The Morgan fingerprint density at radius 2 is 1.68 bits per heavy atom. The number of hydrogen-bond donors (Lipinski definition) is 0. The highest BCUT2D eigenvalue weighted by Crippen LogP contribution is 2.41. The third-order valence-electron chi connectivity index (χ3n) is 3.06. The quantitative estimate of drug-likeness (QED) is 0.764. The van der Waals surface area contributed by atoms with Gasteiger partial charge in [0.15, 0.2) is 11.5 Å². The average molecular weight is 306 g/mol. The van der Waals surface area contributed by atoms with Crippen LogP contribution in [0.1, 0.15) is 17.3 Å². The first kappa shape index (κ1) is 15.8. The zero-order chi connectivity index (χ0) is 16.1. The summed E-state index contributed by atoms with van der Waals surface area (Å²) in [7, 11) is 4.60. The van der Waals surface area contributed by atoms with E-state index in [1.807, 2.05) is 0 Å². The van der Waals surface area contributed by atoms with Crippen molar-refractivity contribution in [3.63, 3.8) is 0 Å². The van der Waals surface area contributed by atoms with Crippen LogP contribution in [0.4, 0.5) is 0 Å². The molecular weight excluding hydrogens is 288 g/mol. The van der Waals surface area contributed by atoms with Crippen LogP contribution < -0.4 is 14.2 Å². The number of esters is 1. The van der Waals surface area contributed by atoms with Crippen molar-refractivity contribution in [2.45, 2.75) is 6.92 Å². The van der Waals surface area contributed by atoms with Crippen LogP contribution >= 0.6 is 0 Å². The molecule has 1 heterocycles. The largest absolute Gasteiger partial charge is 0.493 e. The summed E-state index contributed by atoms with van der Waals surface area (Å²) in [6, 6.07) is 5.10. The van der Waals surface area contributed by atoms with E-state index >= 15 is 0 Å². The normalized spacial score (nSPS) is 10.2. The number of methoxy groups -OCH3 is 3. The van der Waals surface area contributed by atoms with Crippen molar-refractivity contribution in [1.29, 1.82) is 0 Å². The molecule has 0 amide bonds. The van der Waals surface area contributed by atoms with Gasteiger partial charge >= 0.3 is 5.97 Å². The summed E-state index contributed by atoms with van der Waals surface area (Å²) in [5.41, 5.74) is 1.05. The molecule has 2 aromatic rings. The Morgan fingerprint density at radius 3 is 2.18 bits per heavy atom.